The first-order chi connectivity index (χ1) is 16.1. The quantitative estimate of drug-likeness (QED) is 0.172. The maximum atomic E-state index is 12.3. The monoisotopic (exact) mass is 486 g/mol. The van der Waals surface area contributed by atoms with Gasteiger partial charge < -0.3 is 50.4 Å². The van der Waals surface area contributed by atoms with Gasteiger partial charge in [0.1, 0.15) is 31.5 Å². The summed E-state index contributed by atoms with van der Waals surface area (Å²) < 4.78 is 14.9. The SMILES string of the molecule is CCOC(=O)[C@@]1(O)C[C@H](O)[C@@H](NC(=O)CNC(=O)OCc2ccccc2)[C@H]([C@H](O)[C@H](O)CO)O1. The summed E-state index contributed by atoms with van der Waals surface area (Å²) in [6.07, 6.45) is -8.68. The number of rotatable bonds is 10. The van der Waals surface area contributed by atoms with Gasteiger partial charge in [-0.15, -0.1) is 0 Å². The van der Waals surface area contributed by atoms with Crippen LogP contribution in [0, 0.1) is 0 Å². The molecule has 2 rings (SSSR count). The molecule has 0 bridgehead atoms. The number of hydrogen-bond donors (Lipinski definition) is 7. The summed E-state index contributed by atoms with van der Waals surface area (Å²) in [6, 6.07) is 7.39. The first-order valence-corrected chi connectivity index (χ1v) is 10.6. The molecule has 1 aromatic rings. The minimum Gasteiger partial charge on any atom is -0.462 e. The highest BCUT2D eigenvalue weighted by atomic mass is 16.7. The number of nitrogens with one attached hydrogen (secondary N) is 2. The molecule has 0 aromatic heterocycles. The Kier molecular flexibility index (Phi) is 10.2. The van der Waals surface area contributed by atoms with Crippen LogP contribution in [-0.4, -0.2) is 99.5 Å². The molecule has 6 atom stereocenters. The predicted molar refractivity (Wildman–Crippen MR) is 113 cm³/mol. The van der Waals surface area contributed by atoms with Gasteiger partial charge in [-0.2, -0.15) is 0 Å². The Bertz CT molecular complexity index is 824. The van der Waals surface area contributed by atoms with E-state index in [0.29, 0.717) is 0 Å². The number of benzene rings is 1. The highest BCUT2D eigenvalue weighted by molar-refractivity contribution is 5.82. The third kappa shape index (κ3) is 7.35. The van der Waals surface area contributed by atoms with E-state index in [-0.39, 0.29) is 13.2 Å². The van der Waals surface area contributed by atoms with Gasteiger partial charge in [0.25, 0.3) is 5.79 Å². The van der Waals surface area contributed by atoms with Crippen molar-refractivity contribution < 1.29 is 54.1 Å². The molecule has 0 unspecified atom stereocenters. The lowest BCUT2D eigenvalue weighted by Gasteiger charge is -2.45. The maximum absolute atomic E-state index is 12.3. The van der Waals surface area contributed by atoms with E-state index in [1.165, 1.54) is 6.92 Å². The molecule has 0 aliphatic carbocycles. The Balaban J connectivity index is 2.00. The van der Waals surface area contributed by atoms with Gasteiger partial charge >= 0.3 is 12.1 Å². The van der Waals surface area contributed by atoms with Gasteiger partial charge in [-0.3, -0.25) is 4.79 Å². The molecular weight excluding hydrogens is 456 g/mol. The number of carbonyl (C=O) groups excluding carboxylic acids is 3. The van der Waals surface area contributed by atoms with Crippen LogP contribution in [0.4, 0.5) is 4.79 Å². The van der Waals surface area contributed by atoms with Gasteiger partial charge in [-0.25, -0.2) is 9.59 Å². The van der Waals surface area contributed by atoms with Crippen molar-refractivity contribution in [3.8, 4) is 0 Å². The molecule has 13 nitrogen and oxygen atoms in total. The Morgan fingerprint density at radius 1 is 1.21 bits per heavy atom. The molecule has 1 fully saturated rings. The van der Waals surface area contributed by atoms with Crippen LogP contribution in [0.2, 0.25) is 0 Å². The van der Waals surface area contributed by atoms with Crippen molar-refractivity contribution >= 4 is 18.0 Å². The Morgan fingerprint density at radius 3 is 2.50 bits per heavy atom. The molecule has 0 spiro atoms. The number of carbonyl (C=O) groups is 3. The normalized spacial score (nSPS) is 26.1. The highest BCUT2D eigenvalue weighted by Gasteiger charge is 2.54. The molecule has 13 heteroatoms. The average molecular weight is 486 g/mol. The summed E-state index contributed by atoms with van der Waals surface area (Å²) in [7, 11) is 0. The van der Waals surface area contributed by atoms with Crippen LogP contribution in [0.3, 0.4) is 0 Å². The second kappa shape index (κ2) is 12.6. The van der Waals surface area contributed by atoms with Gasteiger partial charge in [-0.05, 0) is 12.5 Å². The van der Waals surface area contributed by atoms with Crippen molar-refractivity contribution in [2.45, 2.75) is 56.2 Å². The molecule has 190 valence electrons. The topological polar surface area (TPSA) is 204 Å². The zero-order valence-electron chi connectivity index (χ0n) is 18.5. The van der Waals surface area contributed by atoms with E-state index in [1.807, 2.05) is 0 Å². The van der Waals surface area contributed by atoms with Crippen molar-refractivity contribution in [3.63, 3.8) is 0 Å². The lowest BCUT2D eigenvalue weighted by molar-refractivity contribution is -0.297. The molecular formula is C21H30N2O11. The Hall–Kier alpha value is -2.81. The van der Waals surface area contributed by atoms with Crippen molar-refractivity contribution in [1.82, 2.24) is 10.6 Å². The van der Waals surface area contributed by atoms with Crippen molar-refractivity contribution in [2.24, 2.45) is 0 Å². The second-order valence-electron chi connectivity index (χ2n) is 7.61. The molecule has 7 N–H and O–H groups in total. The molecule has 2 amide bonds. The Labute approximate surface area is 195 Å². The van der Waals surface area contributed by atoms with Gasteiger partial charge in [0.2, 0.25) is 5.91 Å². The number of hydrogen-bond acceptors (Lipinski definition) is 11. The second-order valence-corrected chi connectivity index (χ2v) is 7.61. The van der Waals surface area contributed by atoms with Gasteiger partial charge in [0, 0.05) is 6.42 Å². The van der Waals surface area contributed by atoms with Gasteiger partial charge in [-0.1, -0.05) is 30.3 Å². The molecule has 1 aliphatic rings. The molecule has 34 heavy (non-hydrogen) atoms. The van der Waals surface area contributed by atoms with Gasteiger partial charge in [0.05, 0.1) is 25.4 Å². The largest absolute Gasteiger partial charge is 0.462 e. The number of amides is 2. The summed E-state index contributed by atoms with van der Waals surface area (Å²) in [4.78, 5) is 36.3. The molecule has 0 radical (unpaired) electrons. The molecule has 1 aromatic carbocycles. The molecule has 1 saturated heterocycles. The number of alkyl carbamates (subject to hydrolysis) is 1. The summed E-state index contributed by atoms with van der Waals surface area (Å²) in [5, 5.41) is 54.8. The van der Waals surface area contributed by atoms with Crippen molar-refractivity contribution in [2.75, 3.05) is 19.8 Å². The van der Waals surface area contributed by atoms with Crippen LogP contribution >= 0.6 is 0 Å². The van der Waals surface area contributed by atoms with E-state index >= 15 is 0 Å². The zero-order valence-corrected chi connectivity index (χ0v) is 18.5. The first-order valence-electron chi connectivity index (χ1n) is 10.6. The fourth-order valence-electron chi connectivity index (χ4n) is 3.30. The van der Waals surface area contributed by atoms with E-state index in [1.54, 1.807) is 30.3 Å². The number of aliphatic hydroxyl groups excluding tert-OH is 4. The van der Waals surface area contributed by atoms with Gasteiger partial charge in [0.15, 0.2) is 0 Å². The third-order valence-electron chi connectivity index (χ3n) is 5.03. The van der Waals surface area contributed by atoms with Crippen molar-refractivity contribution in [3.05, 3.63) is 35.9 Å². The van der Waals surface area contributed by atoms with Crippen LogP contribution in [-0.2, 0) is 30.4 Å². The first kappa shape index (κ1) is 27.4. The van der Waals surface area contributed by atoms with Crippen molar-refractivity contribution in [1.29, 1.82) is 0 Å². The maximum Gasteiger partial charge on any atom is 0.407 e. The van der Waals surface area contributed by atoms with Crippen LogP contribution in [0.5, 0.6) is 0 Å². The number of ether oxygens (including phenoxy) is 3. The summed E-state index contributed by atoms with van der Waals surface area (Å²) in [6.45, 7) is -0.152. The predicted octanol–water partition coefficient (Wildman–Crippen LogP) is -2.49. The van der Waals surface area contributed by atoms with E-state index in [2.05, 4.69) is 10.6 Å². The Morgan fingerprint density at radius 2 is 1.88 bits per heavy atom. The van der Waals surface area contributed by atoms with E-state index in [0.717, 1.165) is 5.56 Å². The fourth-order valence-corrected chi connectivity index (χ4v) is 3.30. The molecule has 0 saturated carbocycles. The summed E-state index contributed by atoms with van der Waals surface area (Å²) >= 11 is 0. The van der Waals surface area contributed by atoms with Crippen LogP contribution in [0.1, 0.15) is 18.9 Å². The standard InChI is InChI=1S/C21H30N2O11/c1-2-32-19(29)21(31)8-13(25)16(18(34-21)17(28)14(26)10-24)23-15(27)9-22-20(30)33-11-12-6-4-3-5-7-12/h3-7,13-14,16-18,24-26,28,31H,2,8-11H2,1H3,(H,22,30)(H,23,27)/t13-,14+,16+,17+,18+,21+/m0/s1. The molecule has 1 aliphatic heterocycles. The number of esters is 1. The van der Waals surface area contributed by atoms with Crippen LogP contribution in [0.15, 0.2) is 30.3 Å². The van der Waals surface area contributed by atoms with E-state index < -0.39 is 73.8 Å². The van der Waals surface area contributed by atoms with E-state index in [4.69, 9.17) is 19.3 Å². The van der Waals surface area contributed by atoms with Crippen LogP contribution < -0.4 is 10.6 Å². The highest BCUT2D eigenvalue weighted by Crippen LogP contribution is 2.31. The van der Waals surface area contributed by atoms with Crippen LogP contribution in [0.25, 0.3) is 0 Å². The minimum atomic E-state index is -2.67. The van der Waals surface area contributed by atoms with E-state index in [9.17, 15) is 34.8 Å². The lowest BCUT2D eigenvalue weighted by atomic mass is 9.88. The zero-order chi connectivity index (χ0) is 25.3. The fraction of sp³-hybridized carbons (Fsp3) is 0.571. The average Bonchev–Trinajstić information content (AvgIpc) is 2.82. The number of aliphatic hydroxyl groups is 5. The molecule has 1 heterocycles. The third-order valence-corrected chi connectivity index (χ3v) is 5.03. The smallest absolute Gasteiger partial charge is 0.407 e. The summed E-state index contributed by atoms with van der Waals surface area (Å²) in [5.74, 6) is -4.74. The lowest BCUT2D eigenvalue weighted by Crippen LogP contribution is -2.68. The minimum absolute atomic E-state index is 0.0246. The summed E-state index contributed by atoms with van der Waals surface area (Å²) in [5.41, 5.74) is 0.734.